The van der Waals surface area contributed by atoms with Gasteiger partial charge in [-0.1, -0.05) is 6.07 Å². The molecule has 0 spiro atoms. The quantitative estimate of drug-likeness (QED) is 0.577. The van der Waals surface area contributed by atoms with Crippen LogP contribution in [-0.4, -0.2) is 15.0 Å². The summed E-state index contributed by atoms with van der Waals surface area (Å²) in [6.45, 7) is 2.01. The van der Waals surface area contributed by atoms with Crippen molar-refractivity contribution in [3.63, 3.8) is 0 Å². The van der Waals surface area contributed by atoms with Crippen LogP contribution in [-0.2, 0) is 0 Å². The van der Waals surface area contributed by atoms with Gasteiger partial charge in [0.2, 0.25) is 5.95 Å². The molecular formula is C19H16N4O2. The van der Waals surface area contributed by atoms with Crippen molar-refractivity contribution in [3.05, 3.63) is 73.1 Å². The molecule has 6 heteroatoms. The minimum absolute atomic E-state index is 0.0277. The van der Waals surface area contributed by atoms with Gasteiger partial charge in [0.25, 0.3) is 0 Å². The molecular weight excluding hydrogens is 316 g/mol. The van der Waals surface area contributed by atoms with Crippen LogP contribution in [0.3, 0.4) is 0 Å². The molecule has 0 aromatic carbocycles. The van der Waals surface area contributed by atoms with Gasteiger partial charge in [0.05, 0.1) is 29.8 Å². The summed E-state index contributed by atoms with van der Waals surface area (Å²) in [5.41, 5.74) is 2.36. The molecule has 0 aliphatic carbocycles. The summed E-state index contributed by atoms with van der Waals surface area (Å²) >= 11 is 0. The summed E-state index contributed by atoms with van der Waals surface area (Å²) in [4.78, 5) is 13.4. The predicted molar refractivity (Wildman–Crippen MR) is 93.7 cm³/mol. The molecule has 0 unspecified atom stereocenters. The highest BCUT2D eigenvalue weighted by Crippen LogP contribution is 2.31. The number of nitrogens with one attached hydrogen (secondary N) is 1. The molecule has 124 valence electrons. The maximum atomic E-state index is 5.53. The van der Waals surface area contributed by atoms with Crippen LogP contribution in [0.15, 0.2) is 76.2 Å². The molecule has 4 aromatic heterocycles. The Morgan fingerprint density at radius 3 is 2.40 bits per heavy atom. The lowest BCUT2D eigenvalue weighted by atomic mass is 10.1. The molecule has 0 aliphatic heterocycles. The second-order valence-corrected chi connectivity index (χ2v) is 5.53. The van der Waals surface area contributed by atoms with Crippen molar-refractivity contribution in [1.82, 2.24) is 15.0 Å². The van der Waals surface area contributed by atoms with E-state index in [1.807, 2.05) is 49.4 Å². The molecule has 0 saturated carbocycles. The van der Waals surface area contributed by atoms with Gasteiger partial charge in [0, 0.05) is 12.4 Å². The Labute approximate surface area is 144 Å². The number of rotatable bonds is 5. The van der Waals surface area contributed by atoms with Gasteiger partial charge in [-0.25, -0.2) is 9.97 Å². The van der Waals surface area contributed by atoms with Crippen LogP contribution < -0.4 is 5.32 Å². The van der Waals surface area contributed by atoms with Gasteiger partial charge < -0.3 is 14.2 Å². The number of pyridine rings is 1. The second kappa shape index (κ2) is 6.60. The highest BCUT2D eigenvalue weighted by atomic mass is 16.3. The molecule has 4 rings (SSSR count). The van der Waals surface area contributed by atoms with Gasteiger partial charge in [-0.15, -0.1) is 0 Å². The molecule has 25 heavy (non-hydrogen) atoms. The van der Waals surface area contributed by atoms with Crippen molar-refractivity contribution in [1.29, 1.82) is 0 Å². The monoisotopic (exact) mass is 332 g/mol. The number of furan rings is 2. The van der Waals surface area contributed by atoms with Crippen LogP contribution in [0.5, 0.6) is 0 Å². The number of hydrogen-bond acceptors (Lipinski definition) is 6. The average Bonchev–Trinajstić information content (AvgIpc) is 3.36. The second-order valence-electron chi connectivity index (χ2n) is 5.53. The largest absolute Gasteiger partial charge is 0.464 e. The summed E-state index contributed by atoms with van der Waals surface area (Å²) in [5, 5.41) is 3.28. The molecule has 1 atom stereocenters. The summed E-state index contributed by atoms with van der Waals surface area (Å²) < 4.78 is 11.0. The molecule has 4 aromatic rings. The van der Waals surface area contributed by atoms with Crippen molar-refractivity contribution in [2.24, 2.45) is 0 Å². The fraction of sp³-hybridized carbons (Fsp3) is 0.105. The lowest BCUT2D eigenvalue weighted by Gasteiger charge is -2.14. The van der Waals surface area contributed by atoms with E-state index in [-0.39, 0.29) is 6.04 Å². The van der Waals surface area contributed by atoms with Crippen LogP contribution in [0.1, 0.15) is 18.7 Å². The van der Waals surface area contributed by atoms with Gasteiger partial charge in [0.15, 0.2) is 5.76 Å². The Morgan fingerprint density at radius 2 is 1.72 bits per heavy atom. The Bertz CT molecular complexity index is 935. The van der Waals surface area contributed by atoms with E-state index in [1.54, 1.807) is 24.9 Å². The van der Waals surface area contributed by atoms with Crippen molar-refractivity contribution < 1.29 is 8.83 Å². The molecule has 1 N–H and O–H groups in total. The maximum absolute atomic E-state index is 5.53. The van der Waals surface area contributed by atoms with E-state index < -0.39 is 0 Å². The van der Waals surface area contributed by atoms with Crippen LogP contribution in [0, 0.1) is 0 Å². The highest BCUT2D eigenvalue weighted by molar-refractivity contribution is 5.75. The molecule has 0 radical (unpaired) electrons. The van der Waals surface area contributed by atoms with Crippen LogP contribution in [0.4, 0.5) is 5.95 Å². The van der Waals surface area contributed by atoms with Crippen molar-refractivity contribution in [2.45, 2.75) is 13.0 Å². The lowest BCUT2D eigenvalue weighted by molar-refractivity contribution is 0.573. The molecule has 6 nitrogen and oxygen atoms in total. The van der Waals surface area contributed by atoms with Gasteiger partial charge in [0.1, 0.15) is 11.5 Å². The number of aromatic nitrogens is 3. The Hall–Kier alpha value is -3.41. The van der Waals surface area contributed by atoms with E-state index in [1.165, 1.54) is 0 Å². The molecule has 0 amide bonds. The maximum Gasteiger partial charge on any atom is 0.223 e. The fourth-order valence-electron chi connectivity index (χ4n) is 2.56. The minimum Gasteiger partial charge on any atom is -0.464 e. The fourth-order valence-corrected chi connectivity index (χ4v) is 2.56. The Balaban J connectivity index is 1.70. The van der Waals surface area contributed by atoms with Crippen molar-refractivity contribution in [2.75, 3.05) is 5.32 Å². The molecule has 0 saturated heterocycles. The van der Waals surface area contributed by atoms with E-state index in [0.717, 1.165) is 11.3 Å². The molecule has 0 bridgehead atoms. The summed E-state index contributed by atoms with van der Waals surface area (Å²) in [6, 6.07) is 13.2. The van der Waals surface area contributed by atoms with Crippen molar-refractivity contribution in [3.8, 4) is 22.8 Å². The minimum atomic E-state index is -0.0277. The van der Waals surface area contributed by atoms with E-state index in [9.17, 15) is 0 Å². The van der Waals surface area contributed by atoms with Gasteiger partial charge in [-0.3, -0.25) is 4.98 Å². The molecule has 0 aliphatic rings. The first kappa shape index (κ1) is 15.1. The summed E-state index contributed by atoms with van der Waals surface area (Å²) in [7, 11) is 0. The first-order valence-corrected chi connectivity index (χ1v) is 7.93. The lowest BCUT2D eigenvalue weighted by Crippen LogP contribution is -2.11. The SMILES string of the molecule is C[C@H](Nc1ncc(-c2ccco2)c(-c2ccco2)n1)c1ccccn1. The smallest absolute Gasteiger partial charge is 0.223 e. The van der Waals surface area contributed by atoms with E-state index >= 15 is 0 Å². The summed E-state index contributed by atoms with van der Waals surface area (Å²) in [6.07, 6.45) is 6.74. The van der Waals surface area contributed by atoms with E-state index in [0.29, 0.717) is 23.2 Å². The zero-order chi connectivity index (χ0) is 17.1. The Kier molecular flexibility index (Phi) is 4.00. The van der Waals surface area contributed by atoms with Gasteiger partial charge in [-0.2, -0.15) is 0 Å². The average molecular weight is 332 g/mol. The van der Waals surface area contributed by atoms with Crippen LogP contribution >= 0.6 is 0 Å². The highest BCUT2D eigenvalue weighted by Gasteiger charge is 2.17. The summed E-state index contributed by atoms with van der Waals surface area (Å²) in [5.74, 6) is 1.85. The number of hydrogen-bond donors (Lipinski definition) is 1. The first-order valence-electron chi connectivity index (χ1n) is 7.93. The van der Waals surface area contributed by atoms with E-state index in [2.05, 4.69) is 20.3 Å². The Morgan fingerprint density at radius 1 is 0.920 bits per heavy atom. The topological polar surface area (TPSA) is 77.0 Å². The van der Waals surface area contributed by atoms with Crippen LogP contribution in [0.25, 0.3) is 22.8 Å². The predicted octanol–water partition coefficient (Wildman–Crippen LogP) is 4.56. The van der Waals surface area contributed by atoms with Gasteiger partial charge in [-0.05, 0) is 43.3 Å². The zero-order valence-corrected chi connectivity index (χ0v) is 13.6. The first-order chi connectivity index (χ1) is 12.3. The number of anilines is 1. The van der Waals surface area contributed by atoms with E-state index in [4.69, 9.17) is 8.83 Å². The van der Waals surface area contributed by atoms with Crippen molar-refractivity contribution >= 4 is 5.95 Å². The van der Waals surface area contributed by atoms with Gasteiger partial charge >= 0.3 is 0 Å². The zero-order valence-electron chi connectivity index (χ0n) is 13.6. The van der Waals surface area contributed by atoms with Crippen LogP contribution in [0.2, 0.25) is 0 Å². The third-order valence-corrected chi connectivity index (χ3v) is 3.81. The normalized spacial score (nSPS) is 12.0. The third-order valence-electron chi connectivity index (χ3n) is 3.81. The number of nitrogens with zero attached hydrogens (tertiary/aromatic N) is 3. The molecule has 4 heterocycles. The molecule has 0 fully saturated rings. The standard InChI is InChI=1S/C19H16N4O2/c1-13(15-6-2-3-9-20-15)22-19-21-12-14(16-7-4-10-24-16)18(23-19)17-8-5-11-25-17/h2-13H,1H3,(H,21,22,23)/t13-/m0/s1. The third kappa shape index (κ3) is 3.14.